The zero-order chi connectivity index (χ0) is 16.1. The van der Waals surface area contributed by atoms with Crippen molar-refractivity contribution >= 4 is 69.6 Å². The molecule has 1 aromatic carbocycles. The minimum atomic E-state index is -3.87. The molecule has 0 fully saturated rings. The number of halogens is 2. The number of carbonyl (C=O) groups excluding carboxylic acids is 1. The lowest BCUT2D eigenvalue weighted by Crippen LogP contribution is -2.03. The molecule has 2 heterocycles. The quantitative estimate of drug-likeness (QED) is 0.386. The van der Waals surface area contributed by atoms with Crippen LogP contribution in [0, 0.1) is 0 Å². The van der Waals surface area contributed by atoms with Gasteiger partial charge in [0.15, 0.2) is 0 Å². The molecule has 0 unspecified atom stereocenters. The number of esters is 1. The molecule has 9 heteroatoms. The van der Waals surface area contributed by atoms with E-state index in [1.807, 2.05) is 0 Å². The third-order valence-corrected chi connectivity index (χ3v) is 6.60. The Balaban J connectivity index is 2.46. The summed E-state index contributed by atoms with van der Waals surface area (Å²) in [7, 11) is 2.78. The highest BCUT2D eigenvalue weighted by Crippen LogP contribution is 2.39. The van der Waals surface area contributed by atoms with Crippen molar-refractivity contribution in [2.24, 2.45) is 0 Å². The van der Waals surface area contributed by atoms with Crippen molar-refractivity contribution in [3.8, 4) is 0 Å². The van der Waals surface area contributed by atoms with Crippen LogP contribution in [0.2, 0.25) is 5.15 Å². The third kappa shape index (κ3) is 2.44. The van der Waals surface area contributed by atoms with E-state index in [0.29, 0.717) is 21.0 Å². The monoisotopic (exact) mass is 375 g/mol. The summed E-state index contributed by atoms with van der Waals surface area (Å²) in [5.74, 6) is -0.546. The van der Waals surface area contributed by atoms with Gasteiger partial charge in [-0.3, -0.25) is 0 Å². The van der Waals surface area contributed by atoms with E-state index in [9.17, 15) is 13.2 Å². The van der Waals surface area contributed by atoms with Gasteiger partial charge in [-0.25, -0.2) is 18.2 Å². The van der Waals surface area contributed by atoms with Crippen molar-refractivity contribution in [3.05, 3.63) is 35.0 Å². The number of para-hydroxylation sites is 1. The number of ether oxygens (including phenoxy) is 1. The summed E-state index contributed by atoms with van der Waals surface area (Å²) in [5.41, 5.74) is 0.611. The van der Waals surface area contributed by atoms with Crippen LogP contribution in [0.25, 0.3) is 21.0 Å². The summed E-state index contributed by atoms with van der Waals surface area (Å²) in [5, 5.41) is 1.18. The second-order valence-corrected chi connectivity index (χ2v) is 8.55. The van der Waals surface area contributed by atoms with Crippen LogP contribution in [-0.4, -0.2) is 26.5 Å². The van der Waals surface area contributed by atoms with E-state index >= 15 is 0 Å². The maximum absolute atomic E-state index is 11.8. The van der Waals surface area contributed by atoms with Crippen molar-refractivity contribution in [2.45, 2.75) is 4.21 Å². The van der Waals surface area contributed by atoms with Gasteiger partial charge in [-0.15, -0.1) is 11.3 Å². The van der Waals surface area contributed by atoms with Crippen LogP contribution in [-0.2, 0) is 13.8 Å². The molecule has 0 amide bonds. The summed E-state index contributed by atoms with van der Waals surface area (Å²) in [6.45, 7) is 0. The number of fused-ring (bicyclic) bond motifs is 3. The molecular weight excluding hydrogens is 369 g/mol. The lowest BCUT2D eigenvalue weighted by Gasteiger charge is -2.05. The Morgan fingerprint density at radius 1 is 1.32 bits per heavy atom. The molecular formula is C13H7Cl2NO4S2. The minimum Gasteiger partial charge on any atom is -0.465 e. The van der Waals surface area contributed by atoms with Gasteiger partial charge in [0.1, 0.15) is 9.36 Å². The van der Waals surface area contributed by atoms with Gasteiger partial charge in [-0.05, 0) is 12.1 Å². The molecule has 0 aliphatic heterocycles. The number of rotatable bonds is 2. The van der Waals surface area contributed by atoms with Crippen LogP contribution in [0.3, 0.4) is 0 Å². The third-order valence-electron chi connectivity index (χ3n) is 3.07. The van der Waals surface area contributed by atoms with Gasteiger partial charge < -0.3 is 4.74 Å². The molecule has 3 rings (SSSR count). The highest BCUT2D eigenvalue weighted by Gasteiger charge is 2.20. The average Bonchev–Trinajstić information content (AvgIpc) is 2.92. The van der Waals surface area contributed by atoms with E-state index in [0.717, 1.165) is 11.3 Å². The van der Waals surface area contributed by atoms with E-state index in [-0.39, 0.29) is 14.9 Å². The van der Waals surface area contributed by atoms with Crippen LogP contribution < -0.4 is 0 Å². The molecule has 0 aliphatic rings. The van der Waals surface area contributed by atoms with Gasteiger partial charge >= 0.3 is 5.97 Å². The second kappa shape index (κ2) is 5.34. The van der Waals surface area contributed by atoms with E-state index < -0.39 is 15.0 Å². The molecule has 0 bridgehead atoms. The first kappa shape index (κ1) is 15.5. The Kier molecular flexibility index (Phi) is 3.76. The highest BCUT2D eigenvalue weighted by molar-refractivity contribution is 8.15. The number of hydrogen-bond donors (Lipinski definition) is 0. The van der Waals surface area contributed by atoms with Crippen LogP contribution in [0.1, 0.15) is 10.4 Å². The lowest BCUT2D eigenvalue weighted by molar-refractivity contribution is 0.0603. The van der Waals surface area contributed by atoms with Gasteiger partial charge in [0.25, 0.3) is 9.05 Å². The number of nitrogens with zero attached hydrogens (tertiary/aromatic N) is 1. The fourth-order valence-corrected chi connectivity index (χ4v) is 4.65. The lowest BCUT2D eigenvalue weighted by atomic mass is 10.1. The number of methoxy groups -OCH3 is 1. The van der Waals surface area contributed by atoms with Crippen LogP contribution >= 0.6 is 33.6 Å². The van der Waals surface area contributed by atoms with Gasteiger partial charge in [0.05, 0.1) is 18.2 Å². The number of pyridine rings is 1. The van der Waals surface area contributed by atoms with Gasteiger partial charge in [-0.1, -0.05) is 23.7 Å². The van der Waals surface area contributed by atoms with E-state index in [1.165, 1.54) is 13.2 Å². The highest BCUT2D eigenvalue weighted by atomic mass is 35.7. The summed E-state index contributed by atoms with van der Waals surface area (Å²) in [6.07, 6.45) is 0. The number of carbonyl (C=O) groups is 1. The normalized spacial score (nSPS) is 12.0. The zero-order valence-corrected chi connectivity index (χ0v) is 14.1. The van der Waals surface area contributed by atoms with Crippen molar-refractivity contribution in [3.63, 3.8) is 0 Å². The second-order valence-electron chi connectivity index (χ2n) is 4.34. The SMILES string of the molecule is COC(=O)c1cccc2c1nc(Cl)c1cc(S(=O)(=O)Cl)sc12. The zero-order valence-electron chi connectivity index (χ0n) is 11.0. The summed E-state index contributed by atoms with van der Waals surface area (Å²) in [6, 6.07) is 6.34. The first-order chi connectivity index (χ1) is 10.3. The van der Waals surface area contributed by atoms with Gasteiger partial charge in [0.2, 0.25) is 0 Å². The summed E-state index contributed by atoms with van der Waals surface area (Å²) in [4.78, 5) is 16.0. The first-order valence-electron chi connectivity index (χ1n) is 5.87. The van der Waals surface area contributed by atoms with Gasteiger partial charge in [-0.2, -0.15) is 0 Å². The predicted molar refractivity (Wildman–Crippen MR) is 86.5 cm³/mol. The van der Waals surface area contributed by atoms with Gasteiger partial charge in [0, 0.05) is 26.2 Å². The molecule has 0 saturated carbocycles. The number of thiophene rings is 1. The maximum Gasteiger partial charge on any atom is 0.340 e. The first-order valence-corrected chi connectivity index (χ1v) is 9.38. The Morgan fingerprint density at radius 3 is 2.68 bits per heavy atom. The standard InChI is InChI=1S/C13H7Cl2NO4S2/c1-20-13(17)7-4-2-3-6-10(7)16-12(14)8-5-9(21-11(6)8)22(15,18)19/h2-5H,1H3. The maximum atomic E-state index is 11.8. The molecule has 0 N–H and O–H groups in total. The molecule has 3 aromatic rings. The molecule has 0 spiro atoms. The van der Waals surface area contributed by atoms with Crippen LogP contribution in [0.5, 0.6) is 0 Å². The molecule has 0 radical (unpaired) electrons. The molecule has 0 atom stereocenters. The average molecular weight is 376 g/mol. The molecule has 22 heavy (non-hydrogen) atoms. The molecule has 114 valence electrons. The van der Waals surface area contributed by atoms with E-state index in [4.69, 9.17) is 27.0 Å². The smallest absolute Gasteiger partial charge is 0.340 e. The minimum absolute atomic E-state index is 0.0242. The predicted octanol–water partition coefficient (Wildman–Crippen LogP) is 3.82. The summed E-state index contributed by atoms with van der Waals surface area (Å²) >= 11 is 7.10. The van der Waals surface area contributed by atoms with Crippen molar-refractivity contribution < 1.29 is 17.9 Å². The molecule has 5 nitrogen and oxygen atoms in total. The Hall–Kier alpha value is -1.41. The molecule has 0 aliphatic carbocycles. The topological polar surface area (TPSA) is 73.3 Å². The number of aromatic nitrogens is 1. The number of benzene rings is 1. The van der Waals surface area contributed by atoms with Crippen molar-refractivity contribution in [1.29, 1.82) is 0 Å². The van der Waals surface area contributed by atoms with Crippen molar-refractivity contribution in [2.75, 3.05) is 7.11 Å². The Labute approximate surface area is 138 Å². The summed E-state index contributed by atoms with van der Waals surface area (Å²) < 4.78 is 28.3. The van der Waals surface area contributed by atoms with Crippen molar-refractivity contribution in [1.82, 2.24) is 4.98 Å². The fourth-order valence-electron chi connectivity index (χ4n) is 2.12. The Bertz CT molecular complexity index is 1030. The number of hydrogen-bond acceptors (Lipinski definition) is 6. The Morgan fingerprint density at radius 2 is 2.05 bits per heavy atom. The van der Waals surface area contributed by atoms with Crippen LogP contribution in [0.4, 0.5) is 0 Å². The molecule has 0 saturated heterocycles. The van der Waals surface area contributed by atoms with E-state index in [2.05, 4.69) is 4.98 Å². The molecule has 2 aromatic heterocycles. The van der Waals surface area contributed by atoms with E-state index in [1.54, 1.807) is 18.2 Å². The fraction of sp³-hybridized carbons (Fsp3) is 0.0769. The largest absolute Gasteiger partial charge is 0.465 e. The van der Waals surface area contributed by atoms with Crippen LogP contribution in [0.15, 0.2) is 28.5 Å².